The van der Waals surface area contributed by atoms with Crippen molar-refractivity contribution in [2.75, 3.05) is 26.2 Å². The summed E-state index contributed by atoms with van der Waals surface area (Å²) in [6.07, 6.45) is 3.54. The Labute approximate surface area is 114 Å². The van der Waals surface area contributed by atoms with E-state index in [-0.39, 0.29) is 11.9 Å². The highest BCUT2D eigenvalue weighted by molar-refractivity contribution is 5.30. The van der Waals surface area contributed by atoms with Gasteiger partial charge in [0.25, 0.3) is 0 Å². The molecule has 0 saturated carbocycles. The van der Waals surface area contributed by atoms with Crippen molar-refractivity contribution in [3.63, 3.8) is 0 Å². The zero-order valence-corrected chi connectivity index (χ0v) is 11.6. The molecular formula is C15H23FN2O. The Morgan fingerprint density at radius 2 is 2.11 bits per heavy atom. The van der Waals surface area contributed by atoms with Crippen LogP contribution >= 0.6 is 0 Å². The number of benzene rings is 1. The molecule has 0 bridgehead atoms. The van der Waals surface area contributed by atoms with Crippen LogP contribution in [0.3, 0.4) is 0 Å². The van der Waals surface area contributed by atoms with Crippen molar-refractivity contribution < 1.29 is 9.13 Å². The van der Waals surface area contributed by atoms with Gasteiger partial charge in [0.15, 0.2) is 11.6 Å². The standard InChI is InChI=1S/C15H23FN2O/c1-12(17)13-5-6-15(14(16)11-13)19-10-4-9-18-7-2-3-8-18/h5-6,11-12H,2-4,7-10,17H2,1H3. The van der Waals surface area contributed by atoms with Crippen LogP contribution < -0.4 is 10.5 Å². The summed E-state index contributed by atoms with van der Waals surface area (Å²) in [5, 5.41) is 0. The van der Waals surface area contributed by atoms with E-state index < -0.39 is 0 Å². The SMILES string of the molecule is CC(N)c1ccc(OCCCN2CCCC2)c(F)c1. The summed E-state index contributed by atoms with van der Waals surface area (Å²) in [4.78, 5) is 2.43. The van der Waals surface area contributed by atoms with Crippen LogP contribution in [0.4, 0.5) is 4.39 Å². The minimum Gasteiger partial charge on any atom is -0.490 e. The highest BCUT2D eigenvalue weighted by Crippen LogP contribution is 2.21. The van der Waals surface area contributed by atoms with Gasteiger partial charge in [-0.2, -0.15) is 0 Å². The molecule has 1 aromatic carbocycles. The largest absolute Gasteiger partial charge is 0.490 e. The number of halogens is 1. The van der Waals surface area contributed by atoms with E-state index in [1.165, 1.54) is 32.0 Å². The van der Waals surface area contributed by atoms with Crippen LogP contribution in [-0.4, -0.2) is 31.1 Å². The third-order valence-electron chi connectivity index (χ3n) is 3.56. The number of rotatable bonds is 6. The molecule has 0 aromatic heterocycles. The van der Waals surface area contributed by atoms with Crippen molar-refractivity contribution in [2.24, 2.45) is 5.73 Å². The Balaban J connectivity index is 1.76. The Bertz CT molecular complexity index is 403. The van der Waals surface area contributed by atoms with Gasteiger partial charge >= 0.3 is 0 Å². The predicted octanol–water partition coefficient (Wildman–Crippen LogP) is 2.71. The molecule has 1 aliphatic rings. The van der Waals surface area contributed by atoms with Crippen molar-refractivity contribution in [2.45, 2.75) is 32.2 Å². The first-order chi connectivity index (χ1) is 9.16. The molecule has 2 N–H and O–H groups in total. The smallest absolute Gasteiger partial charge is 0.165 e. The fourth-order valence-corrected chi connectivity index (χ4v) is 2.39. The Hall–Kier alpha value is -1.13. The second-order valence-electron chi connectivity index (χ2n) is 5.23. The summed E-state index contributed by atoms with van der Waals surface area (Å²) in [6.45, 7) is 5.82. The fourth-order valence-electron chi connectivity index (χ4n) is 2.39. The van der Waals surface area contributed by atoms with Crippen molar-refractivity contribution in [1.29, 1.82) is 0 Å². The summed E-state index contributed by atoms with van der Waals surface area (Å²) in [5.74, 6) is 0.00166. The molecule has 2 rings (SSSR count). The minimum atomic E-state index is -0.323. The third kappa shape index (κ3) is 4.18. The van der Waals surface area contributed by atoms with Gasteiger partial charge in [-0.1, -0.05) is 6.07 Å². The Kier molecular flexibility index (Phi) is 5.16. The molecule has 1 saturated heterocycles. The first kappa shape index (κ1) is 14.3. The fraction of sp³-hybridized carbons (Fsp3) is 0.600. The summed E-state index contributed by atoms with van der Waals surface area (Å²) in [7, 11) is 0. The zero-order chi connectivity index (χ0) is 13.7. The highest BCUT2D eigenvalue weighted by atomic mass is 19.1. The van der Waals surface area contributed by atoms with E-state index in [1.807, 2.05) is 13.0 Å². The van der Waals surface area contributed by atoms with Gasteiger partial charge in [-0.3, -0.25) is 0 Å². The van der Waals surface area contributed by atoms with Crippen LogP contribution in [0.2, 0.25) is 0 Å². The maximum absolute atomic E-state index is 13.7. The van der Waals surface area contributed by atoms with Gasteiger partial charge in [0.05, 0.1) is 6.61 Å². The molecule has 1 unspecified atom stereocenters. The first-order valence-corrected chi connectivity index (χ1v) is 7.07. The molecule has 1 fully saturated rings. The quantitative estimate of drug-likeness (QED) is 0.805. The number of likely N-dealkylation sites (tertiary alicyclic amines) is 1. The molecule has 0 aliphatic carbocycles. The van der Waals surface area contributed by atoms with Crippen molar-refractivity contribution >= 4 is 0 Å². The number of hydrogen-bond acceptors (Lipinski definition) is 3. The molecule has 106 valence electrons. The topological polar surface area (TPSA) is 38.5 Å². The number of ether oxygens (including phenoxy) is 1. The average Bonchev–Trinajstić information content (AvgIpc) is 2.89. The number of nitrogens with zero attached hydrogens (tertiary/aromatic N) is 1. The van der Waals surface area contributed by atoms with E-state index in [0.29, 0.717) is 12.4 Å². The monoisotopic (exact) mass is 266 g/mol. The average molecular weight is 266 g/mol. The van der Waals surface area contributed by atoms with Gasteiger partial charge in [0, 0.05) is 12.6 Å². The molecule has 0 radical (unpaired) electrons. The molecule has 3 nitrogen and oxygen atoms in total. The second-order valence-corrected chi connectivity index (χ2v) is 5.23. The Morgan fingerprint density at radius 3 is 2.74 bits per heavy atom. The van der Waals surface area contributed by atoms with Gasteiger partial charge < -0.3 is 15.4 Å². The lowest BCUT2D eigenvalue weighted by atomic mass is 10.1. The summed E-state index contributed by atoms with van der Waals surface area (Å²) >= 11 is 0. The van der Waals surface area contributed by atoms with E-state index in [0.717, 1.165) is 18.5 Å². The number of nitrogens with two attached hydrogens (primary N) is 1. The predicted molar refractivity (Wildman–Crippen MR) is 74.8 cm³/mol. The van der Waals surface area contributed by atoms with Crippen LogP contribution in [0.1, 0.15) is 37.8 Å². The van der Waals surface area contributed by atoms with Crippen LogP contribution in [-0.2, 0) is 0 Å². The van der Waals surface area contributed by atoms with E-state index in [9.17, 15) is 4.39 Å². The van der Waals surface area contributed by atoms with E-state index in [4.69, 9.17) is 10.5 Å². The molecule has 1 heterocycles. The molecule has 1 aliphatic heterocycles. The summed E-state index contributed by atoms with van der Waals surface area (Å²) in [5.41, 5.74) is 6.50. The number of hydrogen-bond donors (Lipinski definition) is 1. The van der Waals surface area contributed by atoms with Crippen LogP contribution in [0.15, 0.2) is 18.2 Å². The summed E-state index contributed by atoms with van der Waals surface area (Å²) in [6, 6.07) is 4.80. The van der Waals surface area contributed by atoms with E-state index in [2.05, 4.69) is 4.90 Å². The van der Waals surface area contributed by atoms with Crippen molar-refractivity contribution in [1.82, 2.24) is 4.90 Å². The lowest BCUT2D eigenvalue weighted by molar-refractivity contribution is 0.255. The van der Waals surface area contributed by atoms with Gasteiger partial charge in [-0.05, 0) is 57.0 Å². The molecule has 1 aromatic rings. The summed E-state index contributed by atoms with van der Waals surface area (Å²) < 4.78 is 19.2. The van der Waals surface area contributed by atoms with Gasteiger partial charge in [0.1, 0.15) is 0 Å². The van der Waals surface area contributed by atoms with Crippen LogP contribution in [0.5, 0.6) is 5.75 Å². The van der Waals surface area contributed by atoms with Crippen molar-refractivity contribution in [3.8, 4) is 5.75 Å². The molecule has 1 atom stereocenters. The van der Waals surface area contributed by atoms with E-state index >= 15 is 0 Å². The van der Waals surface area contributed by atoms with Crippen LogP contribution in [0, 0.1) is 5.82 Å². The maximum atomic E-state index is 13.7. The first-order valence-electron chi connectivity index (χ1n) is 7.07. The lowest BCUT2D eigenvalue weighted by Gasteiger charge is -2.15. The third-order valence-corrected chi connectivity index (χ3v) is 3.56. The molecule has 19 heavy (non-hydrogen) atoms. The van der Waals surface area contributed by atoms with Gasteiger partial charge in [-0.25, -0.2) is 4.39 Å². The molecular weight excluding hydrogens is 243 g/mol. The second kappa shape index (κ2) is 6.87. The molecule has 4 heteroatoms. The lowest BCUT2D eigenvalue weighted by Crippen LogP contribution is -2.22. The van der Waals surface area contributed by atoms with E-state index in [1.54, 1.807) is 6.07 Å². The normalized spacial score (nSPS) is 17.6. The van der Waals surface area contributed by atoms with Gasteiger partial charge in [-0.15, -0.1) is 0 Å². The highest BCUT2D eigenvalue weighted by Gasteiger charge is 2.11. The minimum absolute atomic E-state index is 0.154. The molecule has 0 spiro atoms. The zero-order valence-electron chi connectivity index (χ0n) is 11.6. The maximum Gasteiger partial charge on any atom is 0.165 e. The van der Waals surface area contributed by atoms with Gasteiger partial charge in [0.2, 0.25) is 0 Å². The van der Waals surface area contributed by atoms with Crippen LogP contribution in [0.25, 0.3) is 0 Å². The Morgan fingerprint density at radius 1 is 1.37 bits per heavy atom. The van der Waals surface area contributed by atoms with Crippen molar-refractivity contribution in [3.05, 3.63) is 29.6 Å². The molecule has 0 amide bonds.